The van der Waals surface area contributed by atoms with Gasteiger partial charge in [0.05, 0.1) is 17.6 Å². The van der Waals surface area contributed by atoms with Crippen molar-refractivity contribution in [2.75, 3.05) is 38.2 Å². The lowest BCUT2D eigenvalue weighted by molar-refractivity contribution is -0.139. The monoisotopic (exact) mass is 488 g/mol. The highest BCUT2D eigenvalue weighted by Gasteiger charge is 2.34. The molecule has 0 radical (unpaired) electrons. The number of primary amides is 1. The van der Waals surface area contributed by atoms with Gasteiger partial charge in [-0.05, 0) is 47.5 Å². The third kappa shape index (κ3) is 5.22. The molecule has 0 atom stereocenters. The number of alkyl halides is 3. The van der Waals surface area contributed by atoms with E-state index < -0.39 is 17.8 Å². The van der Waals surface area contributed by atoms with E-state index in [0.717, 1.165) is 11.8 Å². The number of anilines is 1. The Morgan fingerprint density at radius 1 is 1.00 bits per heavy atom. The Kier molecular flexibility index (Phi) is 6.87. The molecule has 0 aliphatic carbocycles. The van der Waals surface area contributed by atoms with Crippen molar-refractivity contribution in [3.05, 3.63) is 66.4 Å². The van der Waals surface area contributed by atoms with Crippen LogP contribution in [0.2, 0.25) is 0 Å². The number of aromatic nitrogens is 1. The van der Waals surface area contributed by atoms with Crippen molar-refractivity contribution >= 4 is 23.6 Å². The van der Waals surface area contributed by atoms with Gasteiger partial charge in [0.1, 0.15) is 11.6 Å². The van der Waals surface area contributed by atoms with Crippen LogP contribution in [0.15, 0.2) is 70.6 Å². The van der Waals surface area contributed by atoms with Crippen molar-refractivity contribution in [3.8, 4) is 16.9 Å². The van der Waals surface area contributed by atoms with Crippen LogP contribution < -0.4 is 15.4 Å². The van der Waals surface area contributed by atoms with Crippen molar-refractivity contribution in [1.29, 1.82) is 0 Å². The van der Waals surface area contributed by atoms with Crippen LogP contribution >= 0.6 is 11.8 Å². The predicted octanol–water partition coefficient (Wildman–Crippen LogP) is 5.13. The van der Waals surface area contributed by atoms with Crippen LogP contribution in [0.4, 0.5) is 23.8 Å². The summed E-state index contributed by atoms with van der Waals surface area (Å²) in [7, 11) is 1.49. The van der Waals surface area contributed by atoms with E-state index >= 15 is 0 Å². The Bertz CT molecular complexity index is 1180. The molecule has 2 N–H and O–H groups in total. The van der Waals surface area contributed by atoms with E-state index in [9.17, 15) is 18.0 Å². The van der Waals surface area contributed by atoms with Crippen LogP contribution in [0.5, 0.6) is 5.75 Å². The average molecular weight is 489 g/mol. The summed E-state index contributed by atoms with van der Waals surface area (Å²) in [6.45, 7) is 2.02. The summed E-state index contributed by atoms with van der Waals surface area (Å²) in [6.07, 6.45) is -2.95. The van der Waals surface area contributed by atoms with Crippen LogP contribution in [0.1, 0.15) is 5.56 Å². The zero-order valence-electron chi connectivity index (χ0n) is 18.4. The van der Waals surface area contributed by atoms with E-state index in [0.29, 0.717) is 53.8 Å². The SMILES string of the molecule is COc1ccccc1Sc1ccc(-c2ccnc(N3CCN(C(N)=O)CC3)c2)cc1C(F)(F)F. The van der Waals surface area contributed by atoms with E-state index in [-0.39, 0.29) is 4.90 Å². The lowest BCUT2D eigenvalue weighted by Gasteiger charge is -2.34. The largest absolute Gasteiger partial charge is 0.496 e. The topological polar surface area (TPSA) is 71.7 Å². The highest BCUT2D eigenvalue weighted by molar-refractivity contribution is 7.99. The van der Waals surface area contributed by atoms with E-state index in [1.807, 2.05) is 4.90 Å². The lowest BCUT2D eigenvalue weighted by Crippen LogP contribution is -2.50. The second-order valence-corrected chi connectivity index (χ2v) is 8.76. The molecular weight excluding hydrogens is 465 g/mol. The van der Waals surface area contributed by atoms with Crippen LogP contribution in [0, 0.1) is 0 Å². The molecule has 10 heteroatoms. The summed E-state index contributed by atoms with van der Waals surface area (Å²) >= 11 is 1.02. The van der Waals surface area contributed by atoms with Gasteiger partial charge < -0.3 is 20.3 Å². The summed E-state index contributed by atoms with van der Waals surface area (Å²) < 4.78 is 47.3. The summed E-state index contributed by atoms with van der Waals surface area (Å²) in [6, 6.07) is 14.3. The quantitative estimate of drug-likeness (QED) is 0.539. The summed E-state index contributed by atoms with van der Waals surface area (Å²) in [5, 5.41) is 0. The molecule has 6 nitrogen and oxygen atoms in total. The number of ether oxygens (including phenoxy) is 1. The maximum Gasteiger partial charge on any atom is 0.417 e. The smallest absolute Gasteiger partial charge is 0.417 e. The number of carbonyl (C=O) groups excluding carboxylic acids is 1. The molecule has 1 aliphatic heterocycles. The lowest BCUT2D eigenvalue weighted by atomic mass is 10.0. The number of halogens is 3. The van der Waals surface area contributed by atoms with Crippen LogP contribution in [0.3, 0.4) is 0 Å². The van der Waals surface area contributed by atoms with Gasteiger partial charge in [-0.3, -0.25) is 0 Å². The van der Waals surface area contributed by atoms with Gasteiger partial charge in [0.25, 0.3) is 0 Å². The predicted molar refractivity (Wildman–Crippen MR) is 125 cm³/mol. The van der Waals surface area contributed by atoms with Gasteiger partial charge in [-0.1, -0.05) is 30.0 Å². The van der Waals surface area contributed by atoms with Gasteiger partial charge in [0.15, 0.2) is 0 Å². The molecule has 1 fully saturated rings. The molecule has 0 saturated carbocycles. The fourth-order valence-corrected chi connectivity index (χ4v) is 4.82. The van der Waals surface area contributed by atoms with Crippen molar-refractivity contribution < 1.29 is 22.7 Å². The van der Waals surface area contributed by atoms with Gasteiger partial charge in [0, 0.05) is 37.3 Å². The normalized spacial score (nSPS) is 14.2. The standard InChI is InChI=1S/C24H23F3N4O2S/c1-33-19-4-2-3-5-21(19)34-20-7-6-16(14-18(20)24(25,26)27)17-8-9-29-22(15-17)30-10-12-31(13-11-30)23(28)32/h2-9,14-15H,10-13H2,1H3,(H2,28,32). The number of methoxy groups -OCH3 is 1. The average Bonchev–Trinajstić information content (AvgIpc) is 2.84. The Morgan fingerprint density at radius 2 is 1.71 bits per heavy atom. The van der Waals surface area contributed by atoms with Crippen LogP contribution in [0.25, 0.3) is 11.1 Å². The molecule has 3 aromatic rings. The van der Waals surface area contributed by atoms with Crippen LogP contribution in [-0.2, 0) is 6.18 Å². The minimum absolute atomic E-state index is 0.0950. The number of piperazine rings is 1. The number of urea groups is 1. The zero-order chi connectivity index (χ0) is 24.3. The first kappa shape index (κ1) is 23.7. The molecule has 0 spiro atoms. The molecule has 1 saturated heterocycles. The molecule has 0 unspecified atom stereocenters. The number of nitrogens with two attached hydrogens (primary N) is 1. The molecule has 34 heavy (non-hydrogen) atoms. The Morgan fingerprint density at radius 3 is 2.38 bits per heavy atom. The maximum absolute atomic E-state index is 14.0. The number of carbonyl (C=O) groups is 1. The Hall–Kier alpha value is -3.40. The summed E-state index contributed by atoms with van der Waals surface area (Å²) in [4.78, 5) is 19.9. The molecule has 2 amide bonds. The fraction of sp³-hybridized carbons (Fsp3) is 0.250. The van der Waals surface area contributed by atoms with Gasteiger partial charge in [-0.25, -0.2) is 9.78 Å². The second-order valence-electron chi connectivity index (χ2n) is 7.68. The van der Waals surface area contributed by atoms with Crippen molar-refractivity contribution in [1.82, 2.24) is 9.88 Å². The van der Waals surface area contributed by atoms with Crippen molar-refractivity contribution in [2.24, 2.45) is 5.73 Å². The van der Waals surface area contributed by atoms with E-state index in [4.69, 9.17) is 10.5 Å². The number of hydrogen-bond acceptors (Lipinski definition) is 5. The first-order valence-corrected chi connectivity index (χ1v) is 11.4. The number of para-hydroxylation sites is 1. The van der Waals surface area contributed by atoms with Crippen molar-refractivity contribution in [3.63, 3.8) is 0 Å². The minimum atomic E-state index is -4.53. The first-order valence-electron chi connectivity index (χ1n) is 10.5. The fourth-order valence-electron chi connectivity index (χ4n) is 3.77. The number of amides is 2. The molecule has 4 rings (SSSR count). The van der Waals surface area contributed by atoms with Gasteiger partial charge >= 0.3 is 12.2 Å². The molecule has 1 aliphatic rings. The number of pyridine rings is 1. The molecule has 0 bridgehead atoms. The van der Waals surface area contributed by atoms with E-state index in [1.165, 1.54) is 19.2 Å². The zero-order valence-corrected chi connectivity index (χ0v) is 19.2. The van der Waals surface area contributed by atoms with E-state index in [1.54, 1.807) is 53.6 Å². The first-order chi connectivity index (χ1) is 16.3. The maximum atomic E-state index is 14.0. The van der Waals surface area contributed by atoms with Crippen LogP contribution in [-0.4, -0.2) is 49.2 Å². The molecular formula is C24H23F3N4O2S. The molecule has 1 aromatic heterocycles. The second kappa shape index (κ2) is 9.84. The molecule has 178 valence electrons. The number of hydrogen-bond donors (Lipinski definition) is 1. The summed E-state index contributed by atoms with van der Waals surface area (Å²) in [5.74, 6) is 1.16. The van der Waals surface area contributed by atoms with Crippen molar-refractivity contribution in [2.45, 2.75) is 16.0 Å². The number of rotatable bonds is 5. The molecule has 2 aromatic carbocycles. The highest BCUT2D eigenvalue weighted by atomic mass is 32.2. The Labute approximate surface area is 199 Å². The van der Waals surface area contributed by atoms with Gasteiger partial charge in [-0.2, -0.15) is 13.2 Å². The molecule has 2 heterocycles. The Balaban J connectivity index is 1.63. The minimum Gasteiger partial charge on any atom is -0.496 e. The third-order valence-corrected chi connectivity index (χ3v) is 6.70. The summed E-state index contributed by atoms with van der Waals surface area (Å²) in [5.41, 5.74) is 5.68. The third-order valence-electron chi connectivity index (χ3n) is 5.57. The van der Waals surface area contributed by atoms with E-state index in [2.05, 4.69) is 4.98 Å². The van der Waals surface area contributed by atoms with Gasteiger partial charge in [0.2, 0.25) is 0 Å². The number of nitrogens with zero attached hydrogens (tertiary/aromatic N) is 3. The highest BCUT2D eigenvalue weighted by Crippen LogP contribution is 2.43. The van der Waals surface area contributed by atoms with Gasteiger partial charge in [-0.15, -0.1) is 0 Å². The number of benzene rings is 2.